The minimum absolute atomic E-state index is 0.189. The fourth-order valence-electron chi connectivity index (χ4n) is 3.12. The summed E-state index contributed by atoms with van der Waals surface area (Å²) in [5.41, 5.74) is 0. The second-order valence-corrected chi connectivity index (χ2v) is 7.66. The maximum absolute atomic E-state index is 13.1. The fourth-order valence-corrected chi connectivity index (χ4v) is 4.72. The SMILES string of the molecule is CCN1CCN(C2=NCCN2S(=O)(=O)c2ccccc2OC)CC1. The number of nitrogens with zero attached hydrogens (tertiary/aromatic N) is 4. The molecule has 24 heavy (non-hydrogen) atoms. The van der Waals surface area contributed by atoms with Gasteiger partial charge in [0.25, 0.3) is 10.0 Å². The van der Waals surface area contributed by atoms with Crippen LogP contribution in [0.2, 0.25) is 0 Å². The second-order valence-electron chi connectivity index (χ2n) is 5.83. The zero-order valence-corrected chi connectivity index (χ0v) is 15.0. The third-order valence-electron chi connectivity index (χ3n) is 4.52. The molecule has 132 valence electrons. The lowest BCUT2D eigenvalue weighted by Gasteiger charge is -2.37. The number of piperazine rings is 1. The molecule has 8 heteroatoms. The molecule has 0 bridgehead atoms. The number of benzene rings is 1. The molecule has 0 aromatic heterocycles. The summed E-state index contributed by atoms with van der Waals surface area (Å²) in [5.74, 6) is 0.927. The molecule has 0 amide bonds. The van der Waals surface area contributed by atoms with Crippen LogP contribution in [0, 0.1) is 0 Å². The summed E-state index contributed by atoms with van der Waals surface area (Å²) >= 11 is 0. The van der Waals surface area contributed by atoms with Gasteiger partial charge in [-0.15, -0.1) is 0 Å². The first-order valence-electron chi connectivity index (χ1n) is 8.25. The normalized spacial score (nSPS) is 19.5. The van der Waals surface area contributed by atoms with Crippen molar-refractivity contribution in [1.29, 1.82) is 0 Å². The molecular formula is C16H24N4O3S. The van der Waals surface area contributed by atoms with Gasteiger partial charge in [0, 0.05) is 26.2 Å². The van der Waals surface area contributed by atoms with Gasteiger partial charge in [-0.05, 0) is 18.7 Å². The van der Waals surface area contributed by atoms with Crippen LogP contribution in [0.1, 0.15) is 6.92 Å². The predicted octanol–water partition coefficient (Wildman–Crippen LogP) is 0.693. The van der Waals surface area contributed by atoms with E-state index in [0.29, 0.717) is 24.8 Å². The molecule has 0 radical (unpaired) electrons. The van der Waals surface area contributed by atoms with E-state index in [1.54, 1.807) is 24.3 Å². The molecule has 2 aliphatic heterocycles. The van der Waals surface area contributed by atoms with Crippen LogP contribution in [0.15, 0.2) is 34.2 Å². The molecule has 0 unspecified atom stereocenters. The molecule has 0 saturated carbocycles. The Morgan fingerprint density at radius 2 is 1.83 bits per heavy atom. The zero-order chi connectivity index (χ0) is 17.2. The Balaban J connectivity index is 1.84. The topological polar surface area (TPSA) is 65.5 Å². The lowest BCUT2D eigenvalue weighted by Crippen LogP contribution is -2.53. The number of rotatable bonds is 4. The highest BCUT2D eigenvalue weighted by atomic mass is 32.2. The molecule has 2 aliphatic rings. The van der Waals surface area contributed by atoms with Crippen molar-refractivity contribution in [2.75, 3.05) is 52.9 Å². The lowest BCUT2D eigenvalue weighted by atomic mass is 10.3. The Hall–Kier alpha value is -1.80. The summed E-state index contributed by atoms with van der Waals surface area (Å²) in [4.78, 5) is 9.09. The van der Waals surface area contributed by atoms with E-state index in [-0.39, 0.29) is 4.90 Å². The summed E-state index contributed by atoms with van der Waals surface area (Å²) in [6.45, 7) is 7.48. The monoisotopic (exact) mass is 352 g/mol. The molecule has 0 spiro atoms. The zero-order valence-electron chi connectivity index (χ0n) is 14.2. The minimum atomic E-state index is -3.68. The summed E-state index contributed by atoms with van der Waals surface area (Å²) in [6.07, 6.45) is 0. The maximum Gasteiger partial charge on any atom is 0.270 e. The highest BCUT2D eigenvalue weighted by Crippen LogP contribution is 2.28. The van der Waals surface area contributed by atoms with E-state index >= 15 is 0 Å². The predicted molar refractivity (Wildman–Crippen MR) is 92.9 cm³/mol. The Morgan fingerprint density at radius 1 is 1.12 bits per heavy atom. The molecule has 2 heterocycles. The van der Waals surface area contributed by atoms with Gasteiger partial charge >= 0.3 is 0 Å². The van der Waals surface area contributed by atoms with E-state index in [2.05, 4.69) is 21.7 Å². The van der Waals surface area contributed by atoms with Crippen LogP contribution < -0.4 is 4.74 Å². The molecule has 1 aromatic rings. The van der Waals surface area contributed by atoms with Crippen LogP contribution >= 0.6 is 0 Å². The summed E-state index contributed by atoms with van der Waals surface area (Å²) in [6, 6.07) is 6.72. The van der Waals surface area contributed by atoms with Crippen molar-refractivity contribution in [2.24, 2.45) is 4.99 Å². The molecule has 0 atom stereocenters. The molecule has 0 N–H and O–H groups in total. The van der Waals surface area contributed by atoms with Crippen LogP contribution in [0.25, 0.3) is 0 Å². The van der Waals surface area contributed by atoms with Crippen molar-refractivity contribution < 1.29 is 13.2 Å². The number of hydrogen-bond acceptors (Lipinski definition) is 6. The smallest absolute Gasteiger partial charge is 0.270 e. The number of guanidine groups is 1. The van der Waals surface area contributed by atoms with E-state index in [9.17, 15) is 8.42 Å². The Labute approximate surface area is 143 Å². The van der Waals surface area contributed by atoms with Gasteiger partial charge in [-0.2, -0.15) is 0 Å². The molecule has 0 aliphatic carbocycles. The van der Waals surface area contributed by atoms with Crippen LogP contribution in [0.4, 0.5) is 0 Å². The van der Waals surface area contributed by atoms with Crippen molar-refractivity contribution in [3.05, 3.63) is 24.3 Å². The van der Waals surface area contributed by atoms with Gasteiger partial charge in [0.15, 0.2) is 0 Å². The summed E-state index contributed by atoms with van der Waals surface area (Å²) in [5, 5.41) is 0. The van der Waals surface area contributed by atoms with Crippen LogP contribution in [0.5, 0.6) is 5.75 Å². The highest BCUT2D eigenvalue weighted by Gasteiger charge is 2.36. The molecule has 1 saturated heterocycles. The van der Waals surface area contributed by atoms with Gasteiger partial charge < -0.3 is 14.5 Å². The van der Waals surface area contributed by atoms with Crippen molar-refractivity contribution in [3.8, 4) is 5.75 Å². The quantitative estimate of drug-likeness (QED) is 0.798. The Bertz CT molecular complexity index is 712. The summed E-state index contributed by atoms with van der Waals surface area (Å²) < 4.78 is 32.9. The van der Waals surface area contributed by atoms with Crippen molar-refractivity contribution >= 4 is 16.0 Å². The standard InChI is InChI=1S/C16H24N4O3S/c1-3-18-10-12-19(13-11-18)16-17-8-9-20(16)24(21,22)15-7-5-4-6-14(15)23-2/h4-7H,3,8-13H2,1-2H3. The molecular weight excluding hydrogens is 328 g/mol. The van der Waals surface area contributed by atoms with Crippen LogP contribution in [0.3, 0.4) is 0 Å². The van der Waals surface area contributed by atoms with E-state index < -0.39 is 10.0 Å². The first kappa shape index (κ1) is 17.0. The number of likely N-dealkylation sites (N-methyl/N-ethyl adjacent to an activating group) is 1. The van der Waals surface area contributed by atoms with Crippen LogP contribution in [-0.2, 0) is 10.0 Å². The average molecular weight is 352 g/mol. The van der Waals surface area contributed by atoms with E-state index in [1.165, 1.54) is 11.4 Å². The van der Waals surface area contributed by atoms with Crippen LogP contribution in [-0.4, -0.2) is 81.4 Å². The fraction of sp³-hybridized carbons (Fsp3) is 0.562. The van der Waals surface area contributed by atoms with Gasteiger partial charge in [-0.3, -0.25) is 4.99 Å². The van der Waals surface area contributed by atoms with Gasteiger partial charge in [-0.25, -0.2) is 12.7 Å². The molecule has 1 aromatic carbocycles. The second kappa shape index (κ2) is 6.98. The van der Waals surface area contributed by atoms with Crippen molar-refractivity contribution in [1.82, 2.24) is 14.1 Å². The minimum Gasteiger partial charge on any atom is -0.495 e. The highest BCUT2D eigenvalue weighted by molar-refractivity contribution is 7.89. The molecule has 7 nitrogen and oxygen atoms in total. The number of para-hydroxylation sites is 1. The Morgan fingerprint density at radius 3 is 2.50 bits per heavy atom. The first-order chi connectivity index (χ1) is 11.6. The van der Waals surface area contributed by atoms with Gasteiger partial charge in [-0.1, -0.05) is 19.1 Å². The number of methoxy groups -OCH3 is 1. The maximum atomic E-state index is 13.1. The number of aliphatic imine (C=N–C) groups is 1. The molecule has 3 rings (SSSR count). The Kier molecular flexibility index (Phi) is 4.96. The third kappa shape index (κ3) is 3.08. The summed E-state index contributed by atoms with van der Waals surface area (Å²) in [7, 11) is -2.19. The number of hydrogen-bond donors (Lipinski definition) is 0. The van der Waals surface area contributed by atoms with E-state index in [1.807, 2.05) is 0 Å². The third-order valence-corrected chi connectivity index (χ3v) is 6.34. The largest absolute Gasteiger partial charge is 0.495 e. The average Bonchev–Trinajstić information content (AvgIpc) is 3.12. The number of ether oxygens (including phenoxy) is 1. The molecule has 1 fully saturated rings. The van der Waals surface area contributed by atoms with Crippen molar-refractivity contribution in [3.63, 3.8) is 0 Å². The van der Waals surface area contributed by atoms with Gasteiger partial charge in [0.05, 0.1) is 20.2 Å². The number of sulfonamides is 1. The van der Waals surface area contributed by atoms with Crippen molar-refractivity contribution in [2.45, 2.75) is 11.8 Å². The van der Waals surface area contributed by atoms with E-state index in [4.69, 9.17) is 4.74 Å². The van der Waals surface area contributed by atoms with Gasteiger partial charge in [0.1, 0.15) is 10.6 Å². The van der Waals surface area contributed by atoms with E-state index in [0.717, 1.165) is 32.7 Å². The first-order valence-corrected chi connectivity index (χ1v) is 9.69. The lowest BCUT2D eigenvalue weighted by molar-refractivity contribution is 0.184. The van der Waals surface area contributed by atoms with Gasteiger partial charge in [0.2, 0.25) is 5.96 Å².